The Labute approximate surface area is 103 Å². The monoisotopic (exact) mass is 254 g/mol. The molecule has 0 aromatic rings. The molecular weight excluding hydrogens is 229 g/mol. The normalized spacial score (nSPS) is 12.7. The summed E-state index contributed by atoms with van der Waals surface area (Å²) in [5.74, 6) is 0. The topological polar surface area (TPSA) is 15.3 Å². The fraction of sp³-hybridized carbons (Fsp3) is 1.00. The quantitative estimate of drug-likeness (QED) is 0.636. The molecule has 5 heteroatoms. The summed E-state index contributed by atoms with van der Waals surface area (Å²) in [6.07, 6.45) is -0.679. The first-order valence-electron chi connectivity index (χ1n) is 6.38. The predicted molar refractivity (Wildman–Crippen MR) is 65.2 cm³/mol. The lowest BCUT2D eigenvalue weighted by Crippen LogP contribution is -2.42. The average Bonchev–Trinajstić information content (AvgIpc) is 2.19. The Balaban J connectivity index is 3.71. The number of unbranched alkanes of at least 4 members (excludes halogenated alkanes) is 2. The molecule has 0 rings (SSSR count). The van der Waals surface area contributed by atoms with Crippen LogP contribution in [0.3, 0.4) is 0 Å². The molecule has 0 unspecified atom stereocenters. The zero-order chi connectivity index (χ0) is 13.3. The zero-order valence-electron chi connectivity index (χ0n) is 11.1. The molecule has 0 amide bonds. The van der Waals surface area contributed by atoms with Gasteiger partial charge in [-0.1, -0.05) is 19.8 Å². The van der Waals surface area contributed by atoms with Crippen LogP contribution in [0.4, 0.5) is 13.2 Å². The number of hydrogen-bond donors (Lipinski definition) is 1. The Morgan fingerprint density at radius 1 is 1.12 bits per heavy atom. The Kier molecular flexibility index (Phi) is 8.60. The summed E-state index contributed by atoms with van der Waals surface area (Å²) < 4.78 is 36.8. The van der Waals surface area contributed by atoms with Crippen molar-refractivity contribution in [2.24, 2.45) is 0 Å². The molecule has 17 heavy (non-hydrogen) atoms. The average molecular weight is 254 g/mol. The zero-order valence-corrected chi connectivity index (χ0v) is 11.1. The molecule has 0 heterocycles. The van der Waals surface area contributed by atoms with Crippen LogP contribution >= 0.6 is 0 Å². The van der Waals surface area contributed by atoms with Crippen molar-refractivity contribution in [2.75, 3.05) is 26.2 Å². The minimum atomic E-state index is -4.10. The lowest BCUT2D eigenvalue weighted by molar-refractivity contribution is -0.149. The van der Waals surface area contributed by atoms with Crippen molar-refractivity contribution in [1.82, 2.24) is 10.2 Å². The summed E-state index contributed by atoms with van der Waals surface area (Å²) >= 11 is 0. The van der Waals surface area contributed by atoms with Crippen LogP contribution in [-0.4, -0.2) is 43.3 Å². The highest BCUT2D eigenvalue weighted by molar-refractivity contribution is 4.68. The summed E-state index contributed by atoms with van der Waals surface area (Å²) in [6.45, 7) is 6.86. The molecule has 0 aliphatic heterocycles. The van der Waals surface area contributed by atoms with Gasteiger partial charge in [-0.2, -0.15) is 13.2 Å². The molecule has 0 spiro atoms. The van der Waals surface area contributed by atoms with E-state index in [1.807, 2.05) is 0 Å². The maximum Gasteiger partial charge on any atom is 0.401 e. The first-order chi connectivity index (χ1) is 7.87. The van der Waals surface area contributed by atoms with Gasteiger partial charge in [0.1, 0.15) is 0 Å². The fourth-order valence-corrected chi connectivity index (χ4v) is 1.60. The van der Waals surface area contributed by atoms with E-state index in [4.69, 9.17) is 0 Å². The van der Waals surface area contributed by atoms with Gasteiger partial charge in [0.15, 0.2) is 0 Å². The van der Waals surface area contributed by atoms with Gasteiger partial charge in [0.25, 0.3) is 0 Å². The molecule has 0 aliphatic carbocycles. The number of nitrogens with one attached hydrogen (secondary N) is 1. The molecule has 0 saturated carbocycles. The molecule has 0 fully saturated rings. The molecule has 1 N–H and O–H groups in total. The van der Waals surface area contributed by atoms with Crippen molar-refractivity contribution >= 4 is 0 Å². The van der Waals surface area contributed by atoms with Crippen LogP contribution in [0, 0.1) is 0 Å². The van der Waals surface area contributed by atoms with E-state index in [9.17, 15) is 13.2 Å². The number of nitrogens with zero attached hydrogens (tertiary/aromatic N) is 1. The van der Waals surface area contributed by atoms with Gasteiger partial charge in [-0.3, -0.25) is 4.90 Å². The molecule has 0 aliphatic rings. The van der Waals surface area contributed by atoms with Gasteiger partial charge in [0, 0.05) is 19.1 Å². The van der Waals surface area contributed by atoms with Gasteiger partial charge in [0.2, 0.25) is 0 Å². The molecule has 0 radical (unpaired) electrons. The molecule has 104 valence electrons. The smallest absolute Gasteiger partial charge is 0.315 e. The van der Waals surface area contributed by atoms with E-state index in [0.29, 0.717) is 13.1 Å². The van der Waals surface area contributed by atoms with Crippen LogP contribution < -0.4 is 5.32 Å². The van der Waals surface area contributed by atoms with E-state index < -0.39 is 12.7 Å². The van der Waals surface area contributed by atoms with Gasteiger partial charge in [-0.25, -0.2) is 0 Å². The van der Waals surface area contributed by atoms with Gasteiger partial charge in [0.05, 0.1) is 6.54 Å². The molecule has 2 nitrogen and oxygen atoms in total. The lowest BCUT2D eigenvalue weighted by Gasteiger charge is -2.27. The third-order valence-electron chi connectivity index (χ3n) is 2.65. The molecule has 0 aromatic carbocycles. The highest BCUT2D eigenvalue weighted by Crippen LogP contribution is 2.17. The second kappa shape index (κ2) is 8.75. The fourth-order valence-electron chi connectivity index (χ4n) is 1.60. The standard InChI is InChI=1S/C12H25F3N2/c1-4-5-6-7-16-8-9-17(11(2)3)10-12(13,14)15/h11,16H,4-10H2,1-3H3. The predicted octanol–water partition coefficient (Wildman–Crippen LogP) is 3.04. The second-order valence-corrected chi connectivity index (χ2v) is 4.64. The summed E-state index contributed by atoms with van der Waals surface area (Å²) in [4.78, 5) is 1.45. The lowest BCUT2D eigenvalue weighted by atomic mass is 10.2. The van der Waals surface area contributed by atoms with E-state index >= 15 is 0 Å². The highest BCUT2D eigenvalue weighted by atomic mass is 19.4. The van der Waals surface area contributed by atoms with Crippen molar-refractivity contribution in [3.8, 4) is 0 Å². The number of alkyl halides is 3. The van der Waals surface area contributed by atoms with E-state index in [-0.39, 0.29) is 6.04 Å². The molecule has 0 saturated heterocycles. The number of halogens is 3. The Morgan fingerprint density at radius 3 is 2.24 bits per heavy atom. The Morgan fingerprint density at radius 2 is 1.76 bits per heavy atom. The van der Waals surface area contributed by atoms with Crippen LogP contribution in [0.1, 0.15) is 40.0 Å². The van der Waals surface area contributed by atoms with Gasteiger partial charge in [-0.15, -0.1) is 0 Å². The molecular formula is C12H25F3N2. The Bertz CT molecular complexity index is 181. The van der Waals surface area contributed by atoms with Crippen molar-refractivity contribution in [3.05, 3.63) is 0 Å². The maximum absolute atomic E-state index is 12.3. The third-order valence-corrected chi connectivity index (χ3v) is 2.65. The summed E-state index contributed by atoms with van der Waals surface area (Å²) in [5, 5.41) is 3.18. The van der Waals surface area contributed by atoms with Crippen LogP contribution in [0.2, 0.25) is 0 Å². The van der Waals surface area contributed by atoms with Crippen molar-refractivity contribution in [1.29, 1.82) is 0 Å². The maximum atomic E-state index is 12.3. The summed E-state index contributed by atoms with van der Waals surface area (Å²) in [6, 6.07) is -0.0749. The van der Waals surface area contributed by atoms with Crippen molar-refractivity contribution in [3.63, 3.8) is 0 Å². The van der Waals surface area contributed by atoms with Crippen molar-refractivity contribution in [2.45, 2.75) is 52.3 Å². The first kappa shape index (κ1) is 16.7. The summed E-state index contributed by atoms with van der Waals surface area (Å²) in [7, 11) is 0. The van der Waals surface area contributed by atoms with Gasteiger partial charge < -0.3 is 5.32 Å². The molecule has 0 aromatic heterocycles. The van der Waals surface area contributed by atoms with E-state index in [0.717, 1.165) is 19.4 Å². The van der Waals surface area contributed by atoms with Gasteiger partial charge >= 0.3 is 6.18 Å². The van der Waals surface area contributed by atoms with Gasteiger partial charge in [-0.05, 0) is 26.8 Å². The first-order valence-corrected chi connectivity index (χ1v) is 6.38. The minimum absolute atomic E-state index is 0.0749. The third kappa shape index (κ3) is 10.6. The number of hydrogen-bond acceptors (Lipinski definition) is 2. The van der Waals surface area contributed by atoms with Crippen LogP contribution in [0.15, 0.2) is 0 Å². The van der Waals surface area contributed by atoms with E-state index in [1.54, 1.807) is 13.8 Å². The largest absolute Gasteiger partial charge is 0.401 e. The van der Waals surface area contributed by atoms with Crippen LogP contribution in [0.5, 0.6) is 0 Å². The number of rotatable bonds is 9. The summed E-state index contributed by atoms with van der Waals surface area (Å²) in [5.41, 5.74) is 0. The second-order valence-electron chi connectivity index (χ2n) is 4.64. The van der Waals surface area contributed by atoms with E-state index in [1.165, 1.54) is 11.3 Å². The van der Waals surface area contributed by atoms with Crippen molar-refractivity contribution < 1.29 is 13.2 Å². The van der Waals surface area contributed by atoms with E-state index in [2.05, 4.69) is 12.2 Å². The molecule has 0 bridgehead atoms. The molecule has 0 atom stereocenters. The van der Waals surface area contributed by atoms with Crippen LogP contribution in [0.25, 0.3) is 0 Å². The SMILES string of the molecule is CCCCCNCCN(CC(F)(F)F)C(C)C. The Hall–Kier alpha value is -0.290. The minimum Gasteiger partial charge on any atom is -0.315 e. The highest BCUT2D eigenvalue weighted by Gasteiger charge is 2.31. The van der Waals surface area contributed by atoms with Crippen LogP contribution in [-0.2, 0) is 0 Å².